The van der Waals surface area contributed by atoms with Gasteiger partial charge in [-0.15, -0.1) is 5.10 Å². The third-order valence-electron chi connectivity index (χ3n) is 4.38. The van der Waals surface area contributed by atoms with Gasteiger partial charge in [0.1, 0.15) is 5.69 Å². The maximum absolute atomic E-state index is 12.8. The summed E-state index contributed by atoms with van der Waals surface area (Å²) in [6, 6.07) is 1.76. The average Bonchev–Trinajstić information content (AvgIpc) is 3.24. The fourth-order valence-electron chi connectivity index (χ4n) is 3.22. The summed E-state index contributed by atoms with van der Waals surface area (Å²) in [4.78, 5) is 25.5. The first-order chi connectivity index (χ1) is 12.1. The summed E-state index contributed by atoms with van der Waals surface area (Å²) in [7, 11) is 0. The van der Waals surface area contributed by atoms with Gasteiger partial charge in [0.05, 0.1) is 6.20 Å². The lowest BCUT2D eigenvalue weighted by Gasteiger charge is -2.32. The highest BCUT2D eigenvalue weighted by Gasteiger charge is 2.27. The number of carboxylic acid groups (broad SMARTS) is 1. The second-order valence-corrected chi connectivity index (χ2v) is 6.33. The minimum Gasteiger partial charge on any atom is -0.476 e. The smallest absolute Gasteiger partial charge is 0.358 e. The lowest BCUT2D eigenvalue weighted by molar-refractivity contribution is 0.0645. The number of hydrogen-bond acceptors (Lipinski definition) is 5. The fourth-order valence-corrected chi connectivity index (χ4v) is 3.22. The molecule has 0 unspecified atom stereocenters. The number of rotatable bonds is 6. The molecule has 1 aliphatic rings. The van der Waals surface area contributed by atoms with Crippen molar-refractivity contribution in [3.63, 3.8) is 0 Å². The van der Waals surface area contributed by atoms with E-state index in [9.17, 15) is 9.59 Å². The summed E-state index contributed by atoms with van der Waals surface area (Å²) in [6.07, 6.45) is 5.90. The molecule has 1 fully saturated rings. The quantitative estimate of drug-likeness (QED) is 0.840. The molecule has 1 saturated heterocycles. The Hall–Kier alpha value is -2.71. The zero-order valence-electron chi connectivity index (χ0n) is 14.2. The minimum absolute atomic E-state index is 0.000431. The maximum atomic E-state index is 12.8. The van der Waals surface area contributed by atoms with Gasteiger partial charge in [0, 0.05) is 32.4 Å². The summed E-state index contributed by atoms with van der Waals surface area (Å²) >= 11 is 0. The molecular formula is C16H22N6O3. The van der Waals surface area contributed by atoms with Crippen LogP contribution in [-0.4, -0.2) is 59.7 Å². The highest BCUT2D eigenvalue weighted by atomic mass is 16.4. The molecule has 0 saturated carbocycles. The van der Waals surface area contributed by atoms with Gasteiger partial charge in [0.25, 0.3) is 5.91 Å². The molecule has 0 spiro atoms. The molecular weight excluding hydrogens is 324 g/mol. The zero-order valence-corrected chi connectivity index (χ0v) is 14.2. The van der Waals surface area contributed by atoms with Gasteiger partial charge in [0.15, 0.2) is 5.69 Å². The predicted molar refractivity (Wildman–Crippen MR) is 88.1 cm³/mol. The monoisotopic (exact) mass is 346 g/mol. The number of carbonyl (C=O) groups excluding carboxylic acids is 1. The van der Waals surface area contributed by atoms with E-state index >= 15 is 0 Å². The van der Waals surface area contributed by atoms with Crippen molar-refractivity contribution in [1.29, 1.82) is 0 Å². The van der Waals surface area contributed by atoms with Gasteiger partial charge in [-0.05, 0) is 31.2 Å². The number of carboxylic acids is 1. The number of piperidine rings is 1. The van der Waals surface area contributed by atoms with Crippen molar-refractivity contribution in [1.82, 2.24) is 29.7 Å². The molecule has 134 valence electrons. The second kappa shape index (κ2) is 7.45. The summed E-state index contributed by atoms with van der Waals surface area (Å²) in [5, 5.41) is 20.6. The number of carbonyl (C=O) groups is 2. The molecule has 3 heterocycles. The van der Waals surface area contributed by atoms with E-state index in [0.717, 1.165) is 32.4 Å². The molecule has 25 heavy (non-hydrogen) atoms. The van der Waals surface area contributed by atoms with E-state index in [4.69, 9.17) is 5.11 Å². The topological polar surface area (TPSA) is 106 Å². The van der Waals surface area contributed by atoms with Crippen molar-refractivity contribution in [3.05, 3.63) is 29.8 Å². The lowest BCUT2D eigenvalue weighted by Crippen LogP contribution is -2.42. The van der Waals surface area contributed by atoms with E-state index < -0.39 is 5.97 Å². The van der Waals surface area contributed by atoms with Crippen LogP contribution in [0.15, 0.2) is 18.5 Å². The van der Waals surface area contributed by atoms with Crippen LogP contribution in [0.1, 0.15) is 47.2 Å². The minimum atomic E-state index is -1.09. The molecule has 0 aliphatic carbocycles. The summed E-state index contributed by atoms with van der Waals surface area (Å²) in [6.45, 7) is 4.68. The van der Waals surface area contributed by atoms with Gasteiger partial charge in [-0.1, -0.05) is 12.1 Å². The molecule has 0 radical (unpaired) electrons. The highest BCUT2D eigenvalue weighted by Crippen LogP contribution is 2.20. The third-order valence-corrected chi connectivity index (χ3v) is 4.38. The van der Waals surface area contributed by atoms with Crippen LogP contribution in [0.4, 0.5) is 0 Å². The van der Waals surface area contributed by atoms with Crippen LogP contribution in [0.5, 0.6) is 0 Å². The molecule has 0 bridgehead atoms. The summed E-state index contributed by atoms with van der Waals surface area (Å²) < 4.78 is 3.30. The first-order valence-corrected chi connectivity index (χ1v) is 8.53. The van der Waals surface area contributed by atoms with E-state index in [1.807, 2.05) is 4.90 Å². The van der Waals surface area contributed by atoms with E-state index in [1.54, 1.807) is 21.6 Å². The Balaban J connectivity index is 1.65. The summed E-state index contributed by atoms with van der Waals surface area (Å²) in [5.74, 6) is -0.861. The Bertz CT molecular complexity index is 753. The number of aryl methyl sites for hydroxylation is 1. The normalized spacial score (nSPS) is 17.6. The Morgan fingerprint density at radius 3 is 2.96 bits per heavy atom. The maximum Gasteiger partial charge on any atom is 0.358 e. The molecule has 1 atom stereocenters. The van der Waals surface area contributed by atoms with Crippen molar-refractivity contribution in [3.8, 4) is 0 Å². The number of aromatic carboxylic acids is 1. The molecule has 1 N–H and O–H groups in total. The van der Waals surface area contributed by atoms with E-state index in [0.29, 0.717) is 18.8 Å². The molecule has 2 aromatic rings. The van der Waals surface area contributed by atoms with E-state index in [-0.39, 0.29) is 17.5 Å². The Labute approximate surface area is 145 Å². The van der Waals surface area contributed by atoms with Crippen LogP contribution in [0.25, 0.3) is 0 Å². The molecule has 1 amide bonds. The standard InChI is InChI=1S/C16H22N6O3/c1-2-7-22-14(5-6-17-22)15(23)20-8-3-4-12(9-20)10-21-11-13(16(24)25)18-19-21/h5-6,11-12H,2-4,7-10H2,1H3,(H,24,25)/t12-/m0/s1. The first kappa shape index (κ1) is 17.1. The third kappa shape index (κ3) is 3.86. The zero-order chi connectivity index (χ0) is 17.8. The number of nitrogens with zero attached hydrogens (tertiary/aromatic N) is 6. The van der Waals surface area contributed by atoms with E-state index in [2.05, 4.69) is 22.3 Å². The van der Waals surface area contributed by atoms with Crippen LogP contribution in [0.2, 0.25) is 0 Å². The van der Waals surface area contributed by atoms with Gasteiger partial charge < -0.3 is 10.0 Å². The van der Waals surface area contributed by atoms with Crippen molar-refractivity contribution < 1.29 is 14.7 Å². The summed E-state index contributed by atoms with van der Waals surface area (Å²) in [5.41, 5.74) is 0.559. The van der Waals surface area contributed by atoms with Gasteiger partial charge in [-0.2, -0.15) is 5.10 Å². The van der Waals surface area contributed by atoms with Crippen LogP contribution in [-0.2, 0) is 13.1 Å². The molecule has 9 nitrogen and oxygen atoms in total. The number of aromatic nitrogens is 5. The number of hydrogen-bond donors (Lipinski definition) is 1. The Kier molecular flexibility index (Phi) is 5.11. The van der Waals surface area contributed by atoms with Crippen molar-refractivity contribution in [2.45, 2.75) is 39.3 Å². The van der Waals surface area contributed by atoms with E-state index in [1.165, 1.54) is 6.20 Å². The first-order valence-electron chi connectivity index (χ1n) is 8.53. The fraction of sp³-hybridized carbons (Fsp3) is 0.562. The molecule has 0 aromatic carbocycles. The molecule has 1 aliphatic heterocycles. The number of amides is 1. The van der Waals surface area contributed by atoms with Gasteiger partial charge >= 0.3 is 5.97 Å². The molecule has 2 aromatic heterocycles. The van der Waals surface area contributed by atoms with Gasteiger partial charge in [0.2, 0.25) is 0 Å². The van der Waals surface area contributed by atoms with Crippen molar-refractivity contribution in [2.75, 3.05) is 13.1 Å². The van der Waals surface area contributed by atoms with Crippen LogP contribution in [0.3, 0.4) is 0 Å². The van der Waals surface area contributed by atoms with Crippen LogP contribution >= 0.6 is 0 Å². The predicted octanol–water partition coefficient (Wildman–Crippen LogP) is 1.14. The average molecular weight is 346 g/mol. The SMILES string of the molecule is CCCn1nccc1C(=O)N1CCC[C@H](Cn2cc(C(=O)O)nn2)C1. The molecule has 9 heteroatoms. The van der Waals surface area contributed by atoms with Crippen molar-refractivity contribution in [2.24, 2.45) is 5.92 Å². The van der Waals surface area contributed by atoms with Gasteiger partial charge in [-0.25, -0.2) is 4.79 Å². The number of likely N-dealkylation sites (tertiary alicyclic amines) is 1. The second-order valence-electron chi connectivity index (χ2n) is 6.33. The Morgan fingerprint density at radius 1 is 1.40 bits per heavy atom. The van der Waals surface area contributed by atoms with Crippen molar-refractivity contribution >= 4 is 11.9 Å². The van der Waals surface area contributed by atoms with Crippen LogP contribution < -0.4 is 0 Å². The highest BCUT2D eigenvalue weighted by molar-refractivity contribution is 5.92. The molecule has 3 rings (SSSR count). The lowest BCUT2D eigenvalue weighted by atomic mass is 9.98. The van der Waals surface area contributed by atoms with Crippen LogP contribution in [0, 0.1) is 5.92 Å². The largest absolute Gasteiger partial charge is 0.476 e. The van der Waals surface area contributed by atoms with Gasteiger partial charge in [-0.3, -0.25) is 14.2 Å². The Morgan fingerprint density at radius 2 is 2.24 bits per heavy atom.